The van der Waals surface area contributed by atoms with Crippen molar-refractivity contribution in [3.63, 3.8) is 0 Å². The molecule has 0 spiro atoms. The number of piperazine rings is 1. The number of halogens is 1. The van der Waals surface area contributed by atoms with E-state index in [1.54, 1.807) is 5.57 Å². The van der Waals surface area contributed by atoms with Crippen LogP contribution in [0.4, 0.5) is 16.2 Å². The average molecular weight is 1040 g/mol. The summed E-state index contributed by atoms with van der Waals surface area (Å²) in [5.74, 6) is 3.36. The summed E-state index contributed by atoms with van der Waals surface area (Å²) in [6.45, 7) is 21.6. The van der Waals surface area contributed by atoms with E-state index in [2.05, 4.69) is 133 Å². The van der Waals surface area contributed by atoms with Crippen molar-refractivity contribution in [3.05, 3.63) is 124 Å². The highest BCUT2D eigenvalue weighted by molar-refractivity contribution is 7.99. The van der Waals surface area contributed by atoms with Gasteiger partial charge >= 0.3 is 6.09 Å². The molecule has 4 aromatic rings. The highest BCUT2D eigenvalue weighted by Gasteiger charge is 2.36. The van der Waals surface area contributed by atoms with E-state index in [1.807, 2.05) is 56.8 Å². The largest absolute Gasteiger partial charge is 0.444 e. The van der Waals surface area contributed by atoms with Crippen LogP contribution in [0, 0.1) is 12.3 Å². The zero-order valence-corrected chi connectivity index (χ0v) is 45.9. The van der Waals surface area contributed by atoms with Gasteiger partial charge in [0.15, 0.2) is 0 Å². The van der Waals surface area contributed by atoms with Crippen molar-refractivity contribution in [2.75, 3.05) is 99.5 Å². The zero-order valence-electron chi connectivity index (χ0n) is 42.7. The van der Waals surface area contributed by atoms with Crippen LogP contribution in [0.1, 0.15) is 87.7 Å². The smallest absolute Gasteiger partial charge is 0.407 e. The third kappa shape index (κ3) is 16.3. The molecule has 1 aliphatic carbocycles. The Morgan fingerprint density at radius 2 is 1.56 bits per heavy atom. The van der Waals surface area contributed by atoms with Gasteiger partial charge in [0.1, 0.15) is 5.60 Å². The number of nitrogens with one attached hydrogen (secondary N) is 3. The van der Waals surface area contributed by atoms with Crippen molar-refractivity contribution in [1.29, 1.82) is 0 Å². The molecule has 10 nitrogen and oxygen atoms in total. The quantitative estimate of drug-likeness (QED) is 0.0657. The first-order valence-electron chi connectivity index (χ1n) is 25.8. The van der Waals surface area contributed by atoms with Crippen LogP contribution in [-0.2, 0) is 4.74 Å². The highest BCUT2D eigenvalue weighted by Crippen LogP contribution is 2.44. The van der Waals surface area contributed by atoms with Gasteiger partial charge in [0.05, 0.1) is 0 Å². The summed E-state index contributed by atoms with van der Waals surface area (Å²) < 4.78 is 8.63. The third-order valence-corrected chi connectivity index (χ3v) is 17.5. The van der Waals surface area contributed by atoms with E-state index in [0.29, 0.717) is 11.6 Å². The van der Waals surface area contributed by atoms with Crippen LogP contribution in [0.5, 0.6) is 0 Å². The van der Waals surface area contributed by atoms with Gasteiger partial charge in [0.2, 0.25) is 0 Å². The molecule has 2 amide bonds. The van der Waals surface area contributed by atoms with Crippen molar-refractivity contribution in [3.8, 4) is 0 Å². The molecule has 1 unspecified atom stereocenters. The topological polar surface area (TPSA) is 92.4 Å². The molecule has 0 aromatic heterocycles. The lowest BCUT2D eigenvalue weighted by Gasteiger charge is -2.44. The summed E-state index contributed by atoms with van der Waals surface area (Å²) >= 11 is 11.7. The summed E-state index contributed by atoms with van der Waals surface area (Å²) in [4.78, 5) is 38.5. The lowest BCUT2D eigenvalue weighted by atomic mass is 9.71. The molecule has 3 N–H and O–H groups in total. The molecule has 71 heavy (non-hydrogen) atoms. The highest BCUT2D eigenvalue weighted by atomic mass is 35.5. The SMILES string of the molecule is Cc1cc(SNC(=O)c2ccc(N3CCN(CC4=C(c5ccc(Cl)cc5)CCC(C)(CN5CCC(NC(=O)OC(C)(C)C)CC5)C4)CC3)cc2)ccc1N[C@H](CCN1CCSCC1)CSc1ccccc1. The van der Waals surface area contributed by atoms with Gasteiger partial charge in [0.25, 0.3) is 5.91 Å². The number of nitrogens with zero attached hydrogens (tertiary/aromatic N) is 4. The molecule has 4 aliphatic rings. The Hall–Kier alpha value is -3.82. The minimum atomic E-state index is -0.495. The number of piperidine rings is 1. The van der Waals surface area contributed by atoms with Crippen LogP contribution in [0.25, 0.3) is 5.57 Å². The van der Waals surface area contributed by atoms with Gasteiger partial charge in [-0.2, -0.15) is 11.8 Å². The van der Waals surface area contributed by atoms with E-state index in [1.165, 1.54) is 58.1 Å². The minimum Gasteiger partial charge on any atom is -0.444 e. The second-order valence-corrected chi connectivity index (χ2v) is 24.9. The molecular weight excluding hydrogens is 962 g/mol. The Balaban J connectivity index is 0.811. The Labute approximate surface area is 442 Å². The monoisotopic (exact) mass is 1040 g/mol. The molecule has 14 heteroatoms. The average Bonchev–Trinajstić information content (AvgIpc) is 3.36. The number of ether oxygens (including phenoxy) is 1. The van der Waals surface area contributed by atoms with E-state index in [4.69, 9.17) is 16.3 Å². The number of hydrogen-bond acceptors (Lipinski definition) is 11. The maximum Gasteiger partial charge on any atom is 0.407 e. The van der Waals surface area contributed by atoms with Crippen LogP contribution in [0.2, 0.25) is 5.02 Å². The molecule has 3 saturated heterocycles. The predicted octanol–water partition coefficient (Wildman–Crippen LogP) is 11.9. The normalized spacial score (nSPS) is 20.4. The summed E-state index contributed by atoms with van der Waals surface area (Å²) in [6, 6.07) is 34.2. The first kappa shape index (κ1) is 53.5. The first-order valence-corrected chi connectivity index (χ1v) is 29.1. The minimum absolute atomic E-state index is 0.0933. The first-order chi connectivity index (χ1) is 34.2. The van der Waals surface area contributed by atoms with Crippen molar-refractivity contribution >= 4 is 76.0 Å². The number of alkyl carbamates (subject to hydrolysis) is 1. The summed E-state index contributed by atoms with van der Waals surface area (Å²) in [7, 11) is 0. The maximum atomic E-state index is 13.4. The van der Waals surface area contributed by atoms with Gasteiger partial charge in [-0.3, -0.25) is 14.4 Å². The maximum absolute atomic E-state index is 13.4. The summed E-state index contributed by atoms with van der Waals surface area (Å²) in [6.07, 6.45) is 5.93. The standard InChI is InChI=1S/C57H76ClN7O3S3/c1-42-37-51(19-20-53(42)59-48(24-26-62-33-35-69-36-34-62)40-70-50-9-7-6-8-10-50)71-61-54(66)44-13-17-49(18-14-44)65-31-29-63(30-32-65)39-45-38-57(5,25-21-52(45)43-11-15-46(58)16-12-43)41-64-27-22-47(23-28-64)60-55(67)68-56(2,3)4/h6-20,37,47-48,59H,21-36,38-41H2,1-5H3,(H,60,67)(H,61,66)/t48-,57?/m1/s1. The van der Waals surface area contributed by atoms with E-state index >= 15 is 0 Å². The van der Waals surface area contributed by atoms with Gasteiger partial charge in [0, 0.05) is 133 Å². The van der Waals surface area contributed by atoms with Crippen molar-refractivity contribution in [2.24, 2.45) is 5.41 Å². The molecule has 3 heterocycles. The van der Waals surface area contributed by atoms with Crippen LogP contribution < -0.4 is 20.3 Å². The lowest BCUT2D eigenvalue weighted by molar-refractivity contribution is 0.0464. The number of aryl methyl sites for hydroxylation is 1. The molecule has 382 valence electrons. The fraction of sp³-hybridized carbons (Fsp3) is 0.509. The Morgan fingerprint density at radius 1 is 0.845 bits per heavy atom. The number of likely N-dealkylation sites (tertiary alicyclic amines) is 1. The number of carbonyl (C=O) groups excluding carboxylic acids is 2. The van der Waals surface area contributed by atoms with E-state index in [0.717, 1.165) is 124 Å². The van der Waals surface area contributed by atoms with E-state index < -0.39 is 5.60 Å². The molecule has 0 saturated carbocycles. The van der Waals surface area contributed by atoms with Crippen LogP contribution in [-0.4, -0.2) is 134 Å². The number of anilines is 2. The molecule has 3 aliphatic heterocycles. The molecule has 8 rings (SSSR count). The summed E-state index contributed by atoms with van der Waals surface area (Å²) in [5.41, 5.74) is 8.13. The molecule has 0 bridgehead atoms. The fourth-order valence-electron chi connectivity index (χ4n) is 10.4. The van der Waals surface area contributed by atoms with Crippen molar-refractivity contribution < 1.29 is 14.3 Å². The number of allylic oxidation sites excluding steroid dienone is 1. The Morgan fingerprint density at radius 3 is 2.25 bits per heavy atom. The number of amides is 2. The third-order valence-electron chi connectivity index (χ3n) is 14.3. The Kier molecular flexibility index (Phi) is 19.1. The van der Waals surface area contributed by atoms with Crippen LogP contribution in [0.15, 0.2) is 112 Å². The molecule has 2 atom stereocenters. The molecule has 4 aromatic carbocycles. The zero-order chi connectivity index (χ0) is 49.8. The summed E-state index contributed by atoms with van der Waals surface area (Å²) in [5, 5.41) is 7.76. The van der Waals surface area contributed by atoms with Crippen molar-refractivity contribution in [1.82, 2.24) is 24.7 Å². The molecule has 0 radical (unpaired) electrons. The van der Waals surface area contributed by atoms with Gasteiger partial charge < -0.3 is 30.1 Å². The van der Waals surface area contributed by atoms with Gasteiger partial charge in [-0.1, -0.05) is 54.4 Å². The lowest BCUT2D eigenvalue weighted by Crippen LogP contribution is -2.49. The number of thioether (sulfide) groups is 2. The number of carbonyl (C=O) groups is 2. The van der Waals surface area contributed by atoms with Gasteiger partial charge in [-0.05, 0) is 167 Å². The second kappa shape index (κ2) is 25.4. The van der Waals surface area contributed by atoms with Gasteiger partial charge in [-0.25, -0.2) is 4.79 Å². The number of benzene rings is 4. The number of rotatable bonds is 18. The van der Waals surface area contributed by atoms with Crippen LogP contribution in [0.3, 0.4) is 0 Å². The number of hydrogen-bond donors (Lipinski definition) is 3. The van der Waals surface area contributed by atoms with Crippen molar-refractivity contribution in [2.45, 2.75) is 101 Å². The van der Waals surface area contributed by atoms with Gasteiger partial charge in [-0.15, -0.1) is 11.8 Å². The van der Waals surface area contributed by atoms with E-state index in [-0.39, 0.29) is 23.5 Å². The molecular formula is C57H76ClN7O3S3. The predicted molar refractivity (Wildman–Crippen MR) is 302 cm³/mol. The van der Waals surface area contributed by atoms with E-state index in [9.17, 15) is 9.59 Å². The van der Waals surface area contributed by atoms with Crippen LogP contribution >= 0.6 is 47.1 Å². The second-order valence-electron chi connectivity index (χ2n) is 21.3. The molecule has 3 fully saturated rings. The fourth-order valence-corrected chi connectivity index (χ4v) is 13.2. The Bertz CT molecular complexity index is 2380.